The number of ether oxygens (including phenoxy) is 1. The maximum atomic E-state index is 13.3. The first-order chi connectivity index (χ1) is 23.5. The van der Waals surface area contributed by atoms with E-state index < -0.39 is 35.4 Å². The molecule has 2 heterocycles. The van der Waals surface area contributed by atoms with Gasteiger partial charge in [-0.25, -0.2) is 9.59 Å². The molecule has 0 aliphatic carbocycles. The number of carboxylic acids is 2. The van der Waals surface area contributed by atoms with Crippen molar-refractivity contribution in [3.8, 4) is 5.75 Å². The molecule has 13 nitrogen and oxygen atoms in total. The molecule has 13 heteroatoms. The molecule has 0 spiro atoms. The van der Waals surface area contributed by atoms with E-state index in [1.54, 1.807) is 56.5 Å². The van der Waals surface area contributed by atoms with Gasteiger partial charge >= 0.3 is 17.6 Å². The quantitative estimate of drug-likeness (QED) is 0.136. The molecular formula is C36H35N5O8. The number of nitrogens with one attached hydrogen (secondary N) is 4. The molecule has 2 atom stereocenters. The third kappa shape index (κ3) is 8.21. The highest BCUT2D eigenvalue weighted by Crippen LogP contribution is 2.20. The molecule has 0 saturated carbocycles. The number of carbonyl (C=O) groups is 3. The van der Waals surface area contributed by atoms with Crippen LogP contribution in [-0.4, -0.2) is 50.9 Å². The van der Waals surface area contributed by atoms with E-state index in [2.05, 4.69) is 20.9 Å². The number of para-hydroxylation sites is 1. The van der Waals surface area contributed by atoms with Crippen molar-refractivity contribution in [3.63, 3.8) is 0 Å². The van der Waals surface area contributed by atoms with Crippen LogP contribution in [0.1, 0.15) is 45.6 Å². The van der Waals surface area contributed by atoms with Crippen LogP contribution in [0.3, 0.4) is 0 Å². The Kier molecular flexibility index (Phi) is 10.5. The van der Waals surface area contributed by atoms with E-state index >= 15 is 0 Å². The van der Waals surface area contributed by atoms with E-state index in [4.69, 9.17) is 14.9 Å². The van der Waals surface area contributed by atoms with Crippen molar-refractivity contribution in [2.45, 2.75) is 38.6 Å². The Balaban J connectivity index is 0.000000299. The Labute approximate surface area is 280 Å². The number of rotatable bonds is 9. The number of aliphatic carboxylic acids is 2. The number of benzene rings is 4. The summed E-state index contributed by atoms with van der Waals surface area (Å²) in [6, 6.07) is 25.6. The fourth-order valence-electron chi connectivity index (χ4n) is 5.37. The fraction of sp³-hybridized carbons (Fsp3) is 0.194. The summed E-state index contributed by atoms with van der Waals surface area (Å²) in [5.74, 6) is -1.46. The lowest BCUT2D eigenvalue weighted by molar-refractivity contribution is -0.139. The first kappa shape index (κ1) is 34.1. The third-order valence-electron chi connectivity index (χ3n) is 8.07. The summed E-state index contributed by atoms with van der Waals surface area (Å²) in [5, 5.41) is 26.5. The number of carboxylic acid groups (broad SMARTS) is 2. The molecule has 0 saturated heterocycles. The lowest BCUT2D eigenvalue weighted by atomic mass is 10.0. The highest BCUT2D eigenvalue weighted by atomic mass is 16.5. The first-order valence-electron chi connectivity index (χ1n) is 15.3. The highest BCUT2D eigenvalue weighted by molar-refractivity contribution is 5.97. The van der Waals surface area contributed by atoms with Crippen molar-refractivity contribution < 1.29 is 29.3 Å². The van der Waals surface area contributed by atoms with Gasteiger partial charge in [-0.2, -0.15) is 0 Å². The number of hydrogen-bond acceptors (Lipinski definition) is 8. The standard InChI is InChI=1S/C27H25N3O6.C9H10N2O2/c1-16(19-7-3-17(4-8-19)13-24(31)32)30-26(34)22-14-20(9-12-23(22)29-27(30)35)25(33)28-15-18-5-10-21(36-2)11-6-18;12-9(13)8-10-5-6-3-1-2-4-7(6)11-8/h3-12,14,16H,13,15H2,1-2H3,(H,28,33)(H,29,35)(H,31,32);1-4,8,10-11H,5H2,(H,12,13). The molecule has 2 unspecified atom stereocenters. The van der Waals surface area contributed by atoms with E-state index in [-0.39, 0.29) is 23.3 Å². The Hall–Kier alpha value is -6.21. The number of hydrogen-bond donors (Lipinski definition) is 6. The van der Waals surface area contributed by atoms with E-state index in [9.17, 15) is 24.0 Å². The highest BCUT2D eigenvalue weighted by Gasteiger charge is 2.22. The SMILES string of the molecule is COc1ccc(CNC(=O)c2ccc3[nH]c(=O)n(C(C)c4ccc(CC(=O)O)cc4)c(=O)c3c2)cc1.O=C(O)C1NCc2ccccc2N1. The van der Waals surface area contributed by atoms with Gasteiger partial charge < -0.3 is 30.6 Å². The number of H-pyrrole nitrogens is 1. The molecule has 49 heavy (non-hydrogen) atoms. The molecule has 0 fully saturated rings. The molecule has 0 radical (unpaired) electrons. The molecule has 1 amide bonds. The molecule has 6 rings (SSSR count). The number of nitrogens with zero attached hydrogens (tertiary/aromatic N) is 1. The zero-order valence-electron chi connectivity index (χ0n) is 26.7. The maximum absolute atomic E-state index is 13.3. The maximum Gasteiger partial charge on any atom is 0.341 e. The average Bonchev–Trinajstić information content (AvgIpc) is 3.10. The van der Waals surface area contributed by atoms with E-state index in [0.29, 0.717) is 29.7 Å². The molecule has 1 aromatic heterocycles. The molecule has 1 aliphatic rings. The lowest BCUT2D eigenvalue weighted by Crippen LogP contribution is -2.45. The molecule has 0 bridgehead atoms. The monoisotopic (exact) mass is 665 g/mol. The van der Waals surface area contributed by atoms with Gasteiger partial charge in [0.1, 0.15) is 5.75 Å². The Morgan fingerprint density at radius 3 is 2.31 bits per heavy atom. The molecule has 5 aromatic rings. The summed E-state index contributed by atoms with van der Waals surface area (Å²) in [7, 11) is 1.58. The smallest absolute Gasteiger partial charge is 0.341 e. The summed E-state index contributed by atoms with van der Waals surface area (Å²) in [5.41, 5.74) is 3.68. The van der Waals surface area contributed by atoms with Crippen LogP contribution in [0.2, 0.25) is 0 Å². The van der Waals surface area contributed by atoms with Gasteiger partial charge in [0.15, 0.2) is 6.17 Å². The van der Waals surface area contributed by atoms with Gasteiger partial charge in [0.2, 0.25) is 0 Å². The van der Waals surface area contributed by atoms with Crippen molar-refractivity contribution >= 4 is 34.4 Å². The molecular weight excluding hydrogens is 630 g/mol. The second-order valence-corrected chi connectivity index (χ2v) is 11.3. The minimum Gasteiger partial charge on any atom is -0.497 e. The van der Waals surface area contributed by atoms with Crippen molar-refractivity contribution in [3.05, 3.63) is 140 Å². The summed E-state index contributed by atoms with van der Waals surface area (Å²) >= 11 is 0. The third-order valence-corrected chi connectivity index (χ3v) is 8.07. The number of fused-ring (bicyclic) bond motifs is 2. The van der Waals surface area contributed by atoms with Gasteiger partial charge in [-0.15, -0.1) is 0 Å². The second-order valence-electron chi connectivity index (χ2n) is 11.3. The van der Waals surface area contributed by atoms with Crippen LogP contribution in [-0.2, 0) is 29.1 Å². The number of carbonyl (C=O) groups excluding carboxylic acids is 1. The van der Waals surface area contributed by atoms with Gasteiger partial charge in [0.25, 0.3) is 11.5 Å². The van der Waals surface area contributed by atoms with Crippen molar-refractivity contribution in [1.82, 2.24) is 20.2 Å². The summed E-state index contributed by atoms with van der Waals surface area (Å²) in [6.45, 7) is 2.60. The van der Waals surface area contributed by atoms with Crippen LogP contribution in [0.4, 0.5) is 5.69 Å². The second kappa shape index (κ2) is 15.1. The number of aromatic amines is 1. The predicted molar refractivity (Wildman–Crippen MR) is 183 cm³/mol. The molecule has 1 aliphatic heterocycles. The van der Waals surface area contributed by atoms with Crippen LogP contribution in [0.25, 0.3) is 10.9 Å². The first-order valence-corrected chi connectivity index (χ1v) is 15.3. The predicted octanol–water partition coefficient (Wildman–Crippen LogP) is 3.48. The van der Waals surface area contributed by atoms with Crippen LogP contribution >= 0.6 is 0 Å². The molecule has 252 valence electrons. The zero-order valence-corrected chi connectivity index (χ0v) is 26.7. The normalized spacial score (nSPS) is 14.0. The number of methoxy groups -OCH3 is 1. The van der Waals surface area contributed by atoms with Crippen LogP contribution < -0.4 is 31.9 Å². The number of aromatic nitrogens is 2. The topological polar surface area (TPSA) is 192 Å². The van der Waals surface area contributed by atoms with Gasteiger partial charge in [-0.1, -0.05) is 54.6 Å². The van der Waals surface area contributed by atoms with Gasteiger partial charge in [-0.3, -0.25) is 24.3 Å². The molecule has 6 N–H and O–H groups in total. The van der Waals surface area contributed by atoms with Crippen molar-refractivity contribution in [2.75, 3.05) is 12.4 Å². The number of amides is 1. The summed E-state index contributed by atoms with van der Waals surface area (Å²) < 4.78 is 6.22. The van der Waals surface area contributed by atoms with Crippen molar-refractivity contribution in [1.29, 1.82) is 0 Å². The summed E-state index contributed by atoms with van der Waals surface area (Å²) in [4.78, 5) is 63.1. The van der Waals surface area contributed by atoms with Crippen LogP contribution in [0.5, 0.6) is 5.75 Å². The van der Waals surface area contributed by atoms with Crippen LogP contribution in [0, 0.1) is 0 Å². The molecule has 4 aromatic carbocycles. The van der Waals surface area contributed by atoms with Crippen LogP contribution in [0.15, 0.2) is 101 Å². The van der Waals surface area contributed by atoms with Gasteiger partial charge in [-0.05, 0) is 65.6 Å². The Morgan fingerprint density at radius 2 is 1.63 bits per heavy atom. The van der Waals surface area contributed by atoms with E-state index in [1.165, 1.54) is 12.1 Å². The van der Waals surface area contributed by atoms with Gasteiger partial charge in [0, 0.05) is 24.3 Å². The van der Waals surface area contributed by atoms with E-state index in [1.807, 2.05) is 36.4 Å². The minimum atomic E-state index is -0.943. The van der Waals surface area contributed by atoms with E-state index in [0.717, 1.165) is 27.1 Å². The van der Waals surface area contributed by atoms with Crippen molar-refractivity contribution in [2.24, 2.45) is 0 Å². The summed E-state index contributed by atoms with van der Waals surface area (Å²) in [6.07, 6.45) is -0.788. The fourth-order valence-corrected chi connectivity index (χ4v) is 5.37. The lowest BCUT2D eigenvalue weighted by Gasteiger charge is -2.24. The Morgan fingerprint density at radius 1 is 0.939 bits per heavy atom. The zero-order chi connectivity index (χ0) is 35.1. The minimum absolute atomic E-state index is 0.117. The average molecular weight is 666 g/mol. The number of anilines is 1. The van der Waals surface area contributed by atoms with Gasteiger partial charge in [0.05, 0.1) is 30.5 Å². The Bertz CT molecular complexity index is 2110. The largest absolute Gasteiger partial charge is 0.497 e.